The Hall–Kier alpha value is -0.940. The second kappa shape index (κ2) is 4.72. The van der Waals surface area contributed by atoms with Crippen molar-refractivity contribution >= 4 is 17.7 Å². The highest BCUT2D eigenvalue weighted by atomic mass is 32.2. The van der Waals surface area contributed by atoms with Crippen LogP contribution in [-0.2, 0) is 6.54 Å². The molecule has 4 nitrogen and oxygen atoms in total. The molecule has 1 aromatic heterocycles. The van der Waals surface area contributed by atoms with Crippen molar-refractivity contribution in [1.29, 1.82) is 0 Å². The summed E-state index contributed by atoms with van der Waals surface area (Å²) in [6.45, 7) is 3.01. The van der Waals surface area contributed by atoms with Gasteiger partial charge in [0.25, 0.3) is 0 Å². The summed E-state index contributed by atoms with van der Waals surface area (Å²) in [5.74, 6) is 1.75. The second-order valence-corrected chi connectivity index (χ2v) is 4.82. The number of carbonyl (C=O) groups is 1. The van der Waals surface area contributed by atoms with E-state index in [-0.39, 0.29) is 5.76 Å². The predicted octanol–water partition coefficient (Wildman–Crippen LogP) is -1.23. The normalized spacial score (nSPS) is 17.9. The number of aromatic carboxylic acids is 1. The van der Waals surface area contributed by atoms with Gasteiger partial charge in [-0.3, -0.25) is 0 Å². The van der Waals surface area contributed by atoms with Crippen LogP contribution in [0.2, 0.25) is 0 Å². The maximum absolute atomic E-state index is 10.5. The van der Waals surface area contributed by atoms with E-state index >= 15 is 0 Å². The summed E-state index contributed by atoms with van der Waals surface area (Å²) in [5, 5.41) is 10.5. The quantitative estimate of drug-likeness (QED) is 0.703. The zero-order valence-corrected chi connectivity index (χ0v) is 9.14. The van der Waals surface area contributed by atoms with E-state index in [2.05, 4.69) is 0 Å². The third-order valence-corrected chi connectivity index (χ3v) is 3.47. The number of rotatable bonds is 3. The van der Waals surface area contributed by atoms with Gasteiger partial charge in [-0.1, -0.05) is 0 Å². The minimum atomic E-state index is -1.24. The van der Waals surface area contributed by atoms with Crippen LogP contribution in [0.25, 0.3) is 0 Å². The molecule has 0 amide bonds. The second-order valence-electron chi connectivity index (χ2n) is 3.59. The summed E-state index contributed by atoms with van der Waals surface area (Å²) in [6, 6.07) is 3.18. The first kappa shape index (κ1) is 10.6. The average molecular weight is 227 g/mol. The highest BCUT2D eigenvalue weighted by Crippen LogP contribution is 2.06. The van der Waals surface area contributed by atoms with Crippen LogP contribution < -0.4 is 10.0 Å². The zero-order valence-electron chi connectivity index (χ0n) is 8.32. The Morgan fingerprint density at radius 1 is 1.47 bits per heavy atom. The molecular weight excluding hydrogens is 214 g/mol. The Morgan fingerprint density at radius 3 is 2.80 bits per heavy atom. The average Bonchev–Trinajstić information content (AvgIpc) is 2.68. The highest BCUT2D eigenvalue weighted by molar-refractivity contribution is 7.99. The van der Waals surface area contributed by atoms with E-state index in [4.69, 9.17) is 4.42 Å². The van der Waals surface area contributed by atoms with Gasteiger partial charge in [0.2, 0.25) is 0 Å². The minimum absolute atomic E-state index is 0.0733. The highest BCUT2D eigenvalue weighted by Gasteiger charge is 2.16. The molecule has 82 valence electrons. The van der Waals surface area contributed by atoms with Gasteiger partial charge in [-0.2, -0.15) is 11.8 Å². The van der Waals surface area contributed by atoms with Gasteiger partial charge in [-0.05, 0) is 12.1 Å². The van der Waals surface area contributed by atoms with Gasteiger partial charge in [0.05, 0.1) is 13.1 Å². The van der Waals surface area contributed by atoms with Crippen LogP contribution in [-0.4, -0.2) is 30.6 Å². The van der Waals surface area contributed by atoms with Gasteiger partial charge in [-0.15, -0.1) is 0 Å². The Bertz CT molecular complexity index is 344. The molecule has 1 aliphatic heterocycles. The fraction of sp³-hybridized carbons (Fsp3) is 0.500. The monoisotopic (exact) mass is 227 g/mol. The first-order chi connectivity index (χ1) is 7.25. The fourth-order valence-electron chi connectivity index (χ4n) is 1.67. The van der Waals surface area contributed by atoms with Crippen molar-refractivity contribution in [2.45, 2.75) is 6.54 Å². The lowest BCUT2D eigenvalue weighted by atomic mass is 10.4. The zero-order chi connectivity index (χ0) is 10.7. The van der Waals surface area contributed by atoms with Crippen LogP contribution in [0.3, 0.4) is 0 Å². The van der Waals surface area contributed by atoms with Gasteiger partial charge in [0.15, 0.2) is 5.76 Å². The molecule has 1 aromatic rings. The Labute approximate surface area is 92.2 Å². The number of nitrogens with one attached hydrogen (secondary N) is 1. The number of carbonyl (C=O) groups excluding carboxylic acids is 1. The summed E-state index contributed by atoms with van der Waals surface area (Å²) < 4.78 is 5.16. The fourth-order valence-corrected chi connectivity index (χ4v) is 2.74. The number of thioether (sulfide) groups is 1. The third-order valence-electron chi connectivity index (χ3n) is 2.49. The molecule has 1 saturated heterocycles. The van der Waals surface area contributed by atoms with Crippen LogP contribution in [0.1, 0.15) is 16.3 Å². The van der Waals surface area contributed by atoms with Crippen LogP contribution in [0.4, 0.5) is 0 Å². The molecule has 0 spiro atoms. The standard InChI is InChI=1S/C10H13NO3S/c12-10(13)9-2-1-8(14-9)7-11-3-5-15-6-4-11/h1-2H,3-7H2,(H,12,13). The number of carboxylic acids is 1. The number of furan rings is 1. The summed E-state index contributed by atoms with van der Waals surface area (Å²) in [6.07, 6.45) is 0. The molecule has 0 aliphatic carbocycles. The van der Waals surface area contributed by atoms with Crippen molar-refractivity contribution < 1.29 is 19.2 Å². The van der Waals surface area contributed by atoms with Crippen LogP contribution in [0.5, 0.6) is 0 Å². The predicted molar refractivity (Wildman–Crippen MR) is 54.8 cm³/mol. The molecular formula is C10H13NO3S. The van der Waals surface area contributed by atoms with Gasteiger partial charge >= 0.3 is 0 Å². The van der Waals surface area contributed by atoms with Gasteiger partial charge < -0.3 is 19.2 Å². The van der Waals surface area contributed by atoms with E-state index in [1.54, 1.807) is 6.07 Å². The third kappa shape index (κ3) is 2.76. The summed E-state index contributed by atoms with van der Waals surface area (Å²) >= 11 is 1.96. The molecule has 0 bridgehead atoms. The van der Waals surface area contributed by atoms with E-state index in [1.165, 1.54) is 22.5 Å². The van der Waals surface area contributed by atoms with Gasteiger partial charge in [0.1, 0.15) is 18.3 Å². The van der Waals surface area contributed by atoms with E-state index in [9.17, 15) is 9.90 Å². The van der Waals surface area contributed by atoms with Gasteiger partial charge in [0, 0.05) is 11.5 Å². The number of carboxylic acid groups (broad SMARTS) is 1. The lowest BCUT2D eigenvalue weighted by Crippen LogP contribution is -3.12. The molecule has 5 heteroatoms. The largest absolute Gasteiger partial charge is 0.542 e. The number of hydrogen-bond donors (Lipinski definition) is 1. The SMILES string of the molecule is O=C([O-])c1ccc(C[NH+]2CCSCC2)o1. The summed E-state index contributed by atoms with van der Waals surface area (Å²) in [5.41, 5.74) is 0. The van der Waals surface area contributed by atoms with E-state index in [0.29, 0.717) is 0 Å². The lowest BCUT2D eigenvalue weighted by molar-refractivity contribution is -0.911. The maximum atomic E-state index is 10.5. The number of quaternary nitrogens is 1. The van der Waals surface area contributed by atoms with Crippen molar-refractivity contribution in [3.63, 3.8) is 0 Å². The molecule has 2 heterocycles. The van der Waals surface area contributed by atoms with E-state index in [1.807, 2.05) is 11.8 Å². The van der Waals surface area contributed by atoms with Crippen molar-refractivity contribution in [3.8, 4) is 0 Å². The first-order valence-corrected chi connectivity index (χ1v) is 6.12. The van der Waals surface area contributed by atoms with E-state index in [0.717, 1.165) is 25.4 Å². The van der Waals surface area contributed by atoms with Crippen LogP contribution in [0.15, 0.2) is 16.5 Å². The molecule has 2 rings (SSSR count). The molecule has 15 heavy (non-hydrogen) atoms. The Kier molecular flexibility index (Phi) is 3.33. The van der Waals surface area contributed by atoms with Crippen molar-refractivity contribution in [3.05, 3.63) is 23.7 Å². The van der Waals surface area contributed by atoms with Crippen molar-refractivity contribution in [2.75, 3.05) is 24.6 Å². The molecule has 0 unspecified atom stereocenters. The first-order valence-electron chi connectivity index (χ1n) is 4.97. The minimum Gasteiger partial charge on any atom is -0.542 e. The topological polar surface area (TPSA) is 57.7 Å². The Morgan fingerprint density at radius 2 is 2.20 bits per heavy atom. The van der Waals surface area contributed by atoms with E-state index < -0.39 is 5.97 Å². The molecule has 0 saturated carbocycles. The summed E-state index contributed by atoms with van der Waals surface area (Å²) in [7, 11) is 0. The molecule has 0 atom stereocenters. The van der Waals surface area contributed by atoms with Crippen molar-refractivity contribution in [2.24, 2.45) is 0 Å². The van der Waals surface area contributed by atoms with Crippen LogP contribution >= 0.6 is 11.8 Å². The smallest absolute Gasteiger partial charge is 0.159 e. The molecule has 1 aliphatic rings. The maximum Gasteiger partial charge on any atom is 0.159 e. The molecule has 1 N–H and O–H groups in total. The van der Waals surface area contributed by atoms with Crippen LogP contribution in [0, 0.1) is 0 Å². The molecule has 0 aromatic carbocycles. The van der Waals surface area contributed by atoms with Gasteiger partial charge in [-0.25, -0.2) is 0 Å². The summed E-state index contributed by atoms with van der Waals surface area (Å²) in [4.78, 5) is 11.9. The van der Waals surface area contributed by atoms with Crippen molar-refractivity contribution in [1.82, 2.24) is 0 Å². The molecule has 0 radical (unpaired) electrons. The lowest BCUT2D eigenvalue weighted by Gasteiger charge is -2.22. The number of hydrogen-bond acceptors (Lipinski definition) is 4. The molecule has 1 fully saturated rings. The Balaban J connectivity index is 1.94.